The molecule has 1 aromatic rings. The Labute approximate surface area is 123 Å². The minimum absolute atomic E-state index is 0.0398. The average molecular weight is 317 g/mol. The van der Waals surface area contributed by atoms with Gasteiger partial charge >= 0.3 is 5.97 Å². The van der Waals surface area contributed by atoms with Crippen molar-refractivity contribution in [3.8, 4) is 0 Å². The van der Waals surface area contributed by atoms with Gasteiger partial charge in [-0.05, 0) is 37.1 Å². The molecule has 0 aliphatic carbocycles. The molecular weight excluding hydrogens is 298 g/mol. The molecule has 0 unspecified atom stereocenters. The van der Waals surface area contributed by atoms with Gasteiger partial charge in [0.05, 0.1) is 30.3 Å². The minimum atomic E-state index is -3.81. The Balaban J connectivity index is 2.94. The van der Waals surface area contributed by atoms with Gasteiger partial charge in [-0.1, -0.05) is 0 Å². The second-order valence-corrected chi connectivity index (χ2v) is 6.19. The number of carbonyl (C=O) groups is 1. The number of nitrogens with one attached hydrogen (secondary N) is 1. The Hall–Kier alpha value is -1.48. The van der Waals surface area contributed by atoms with Gasteiger partial charge in [0, 0.05) is 6.54 Å². The molecule has 1 rings (SSSR count). The molecule has 0 radical (unpaired) electrons. The molecule has 0 saturated carbocycles. The lowest BCUT2D eigenvalue weighted by atomic mass is 10.1. The van der Waals surface area contributed by atoms with E-state index in [1.165, 1.54) is 6.07 Å². The highest BCUT2D eigenvalue weighted by molar-refractivity contribution is 7.89. The van der Waals surface area contributed by atoms with Crippen molar-refractivity contribution in [2.75, 3.05) is 26.4 Å². The van der Waals surface area contributed by atoms with Crippen LogP contribution >= 0.6 is 0 Å². The molecule has 0 spiro atoms. The van der Waals surface area contributed by atoms with Gasteiger partial charge < -0.3 is 14.9 Å². The number of carboxylic acid groups (broad SMARTS) is 1. The van der Waals surface area contributed by atoms with Crippen LogP contribution in [0, 0.1) is 13.8 Å². The Bertz CT molecular complexity index is 611. The summed E-state index contributed by atoms with van der Waals surface area (Å²) in [5.41, 5.74) is 1.02. The number of carboxylic acids is 1. The highest BCUT2D eigenvalue weighted by Crippen LogP contribution is 2.21. The first kappa shape index (κ1) is 17.6. The van der Waals surface area contributed by atoms with Crippen molar-refractivity contribution >= 4 is 16.0 Å². The smallest absolute Gasteiger partial charge is 0.335 e. The molecule has 0 amide bonds. The van der Waals surface area contributed by atoms with Crippen molar-refractivity contribution in [2.45, 2.75) is 18.7 Å². The third kappa shape index (κ3) is 4.78. The molecule has 0 aliphatic heterocycles. The van der Waals surface area contributed by atoms with Crippen molar-refractivity contribution in [3.63, 3.8) is 0 Å². The summed E-state index contributed by atoms with van der Waals surface area (Å²) < 4.78 is 31.7. The van der Waals surface area contributed by atoms with E-state index in [0.717, 1.165) is 6.07 Å². The SMILES string of the molecule is Cc1cc(C(=O)O)cc(S(=O)(=O)NCCOCCO)c1C. The zero-order valence-corrected chi connectivity index (χ0v) is 12.7. The van der Waals surface area contributed by atoms with Gasteiger partial charge in [0.25, 0.3) is 0 Å². The summed E-state index contributed by atoms with van der Waals surface area (Å²) in [6, 6.07) is 2.57. The second-order valence-electron chi connectivity index (χ2n) is 4.46. The molecular formula is C13H19NO6S. The molecule has 0 bridgehead atoms. The molecule has 8 heteroatoms. The maximum absolute atomic E-state index is 12.2. The van der Waals surface area contributed by atoms with E-state index in [1.54, 1.807) is 13.8 Å². The standard InChI is InChI=1S/C13H19NO6S/c1-9-7-11(13(16)17)8-12(10(9)2)21(18,19)14-3-5-20-6-4-15/h7-8,14-15H,3-6H2,1-2H3,(H,16,17). The van der Waals surface area contributed by atoms with E-state index in [9.17, 15) is 13.2 Å². The summed E-state index contributed by atoms with van der Waals surface area (Å²) in [4.78, 5) is 11.0. The first-order chi connectivity index (χ1) is 9.79. The molecule has 0 aromatic heterocycles. The predicted octanol–water partition coefficient (Wildman–Crippen LogP) is 0.289. The lowest BCUT2D eigenvalue weighted by molar-refractivity contribution is 0.0696. The second kappa shape index (κ2) is 7.51. The molecule has 118 valence electrons. The molecule has 0 aliphatic rings. The predicted molar refractivity (Wildman–Crippen MR) is 76.0 cm³/mol. The Morgan fingerprint density at radius 3 is 2.52 bits per heavy atom. The fraction of sp³-hybridized carbons (Fsp3) is 0.462. The summed E-state index contributed by atoms with van der Waals surface area (Å²) in [6.45, 7) is 3.44. The summed E-state index contributed by atoms with van der Waals surface area (Å²) in [7, 11) is -3.81. The maximum atomic E-state index is 12.2. The number of sulfonamides is 1. The molecule has 21 heavy (non-hydrogen) atoms. The maximum Gasteiger partial charge on any atom is 0.335 e. The Morgan fingerprint density at radius 1 is 1.29 bits per heavy atom. The van der Waals surface area contributed by atoms with Crippen molar-refractivity contribution in [2.24, 2.45) is 0 Å². The molecule has 0 atom stereocenters. The van der Waals surface area contributed by atoms with Crippen molar-refractivity contribution in [1.82, 2.24) is 4.72 Å². The van der Waals surface area contributed by atoms with Gasteiger partial charge in [-0.25, -0.2) is 17.9 Å². The number of aromatic carboxylic acids is 1. The summed E-state index contributed by atoms with van der Waals surface area (Å²) in [6.07, 6.45) is 0. The molecule has 0 heterocycles. The normalized spacial score (nSPS) is 11.6. The van der Waals surface area contributed by atoms with Crippen molar-refractivity contribution in [3.05, 3.63) is 28.8 Å². The largest absolute Gasteiger partial charge is 0.478 e. The van der Waals surface area contributed by atoms with Gasteiger partial charge in [-0.15, -0.1) is 0 Å². The molecule has 0 fully saturated rings. The van der Waals surface area contributed by atoms with Crippen LogP contribution in [0.2, 0.25) is 0 Å². The van der Waals surface area contributed by atoms with E-state index in [4.69, 9.17) is 14.9 Å². The monoisotopic (exact) mass is 317 g/mol. The topological polar surface area (TPSA) is 113 Å². The van der Waals surface area contributed by atoms with E-state index < -0.39 is 16.0 Å². The number of aliphatic hydroxyl groups is 1. The third-order valence-electron chi connectivity index (χ3n) is 2.93. The molecule has 7 nitrogen and oxygen atoms in total. The summed E-state index contributed by atoms with van der Waals surface area (Å²) >= 11 is 0. The summed E-state index contributed by atoms with van der Waals surface area (Å²) in [5, 5.41) is 17.5. The van der Waals surface area contributed by atoms with Crippen LogP contribution in [0.25, 0.3) is 0 Å². The number of aliphatic hydroxyl groups excluding tert-OH is 1. The average Bonchev–Trinajstić information content (AvgIpc) is 2.40. The first-order valence-corrected chi connectivity index (χ1v) is 7.80. The lowest BCUT2D eigenvalue weighted by Gasteiger charge is -2.12. The number of rotatable bonds is 8. The number of hydrogen-bond acceptors (Lipinski definition) is 5. The third-order valence-corrected chi connectivity index (χ3v) is 4.52. The van der Waals surface area contributed by atoms with Crippen LogP contribution in [0.1, 0.15) is 21.5 Å². The van der Waals surface area contributed by atoms with Gasteiger partial charge in [-0.2, -0.15) is 0 Å². The van der Waals surface area contributed by atoms with E-state index in [0.29, 0.717) is 11.1 Å². The van der Waals surface area contributed by atoms with Crippen molar-refractivity contribution in [1.29, 1.82) is 0 Å². The van der Waals surface area contributed by atoms with E-state index >= 15 is 0 Å². The van der Waals surface area contributed by atoms with Gasteiger partial charge in [0.15, 0.2) is 0 Å². The van der Waals surface area contributed by atoms with Crippen LogP contribution in [0.4, 0.5) is 0 Å². The highest BCUT2D eigenvalue weighted by atomic mass is 32.2. The lowest BCUT2D eigenvalue weighted by Crippen LogP contribution is -2.28. The van der Waals surface area contributed by atoms with Gasteiger partial charge in [-0.3, -0.25) is 0 Å². The number of hydrogen-bond donors (Lipinski definition) is 3. The van der Waals surface area contributed by atoms with Crippen LogP contribution < -0.4 is 4.72 Å². The van der Waals surface area contributed by atoms with Crippen LogP contribution in [0.3, 0.4) is 0 Å². The summed E-state index contributed by atoms with van der Waals surface area (Å²) in [5.74, 6) is -1.18. The minimum Gasteiger partial charge on any atom is -0.478 e. The van der Waals surface area contributed by atoms with E-state index in [1.807, 2.05) is 0 Å². The van der Waals surface area contributed by atoms with E-state index in [-0.39, 0.29) is 36.8 Å². The Morgan fingerprint density at radius 2 is 1.95 bits per heavy atom. The number of ether oxygens (including phenoxy) is 1. The van der Waals surface area contributed by atoms with Crippen LogP contribution in [-0.2, 0) is 14.8 Å². The first-order valence-electron chi connectivity index (χ1n) is 6.32. The quantitative estimate of drug-likeness (QED) is 0.594. The van der Waals surface area contributed by atoms with Crippen molar-refractivity contribution < 1.29 is 28.2 Å². The van der Waals surface area contributed by atoms with Crippen LogP contribution in [0.15, 0.2) is 17.0 Å². The number of aryl methyl sites for hydroxylation is 1. The highest BCUT2D eigenvalue weighted by Gasteiger charge is 2.20. The fourth-order valence-corrected chi connectivity index (χ4v) is 3.08. The fourth-order valence-electron chi connectivity index (χ4n) is 1.72. The molecule has 0 saturated heterocycles. The molecule has 3 N–H and O–H groups in total. The number of benzene rings is 1. The zero-order valence-electron chi connectivity index (χ0n) is 11.9. The van der Waals surface area contributed by atoms with E-state index in [2.05, 4.69) is 4.72 Å². The van der Waals surface area contributed by atoms with Gasteiger partial charge in [0.1, 0.15) is 0 Å². The zero-order chi connectivity index (χ0) is 16.0. The van der Waals surface area contributed by atoms with Gasteiger partial charge in [0.2, 0.25) is 10.0 Å². The van der Waals surface area contributed by atoms with Crippen LogP contribution in [-0.4, -0.2) is 51.0 Å². The molecule has 1 aromatic carbocycles. The Kier molecular flexibility index (Phi) is 6.28. The van der Waals surface area contributed by atoms with Crippen LogP contribution in [0.5, 0.6) is 0 Å².